The molecule has 0 saturated heterocycles. The molecule has 8 nitrogen and oxygen atoms in total. The Kier molecular flexibility index (Phi) is 23.8. The molecule has 0 fully saturated rings. The van der Waals surface area contributed by atoms with Crippen LogP contribution in [0.1, 0.15) is 168 Å². The Morgan fingerprint density at radius 3 is 0.918 bits per heavy atom. The van der Waals surface area contributed by atoms with Crippen LogP contribution in [0.25, 0.3) is 55.6 Å². The molecule has 0 N–H and O–H groups in total. The molecule has 9 rings (SSSR count). The Hall–Kier alpha value is -7.10. The molecule has 0 radical (unpaired) electrons. The van der Waals surface area contributed by atoms with Crippen molar-refractivity contribution in [1.29, 1.82) is 0 Å². The van der Waals surface area contributed by atoms with Gasteiger partial charge in [-0.2, -0.15) is 0 Å². The van der Waals surface area contributed by atoms with E-state index < -0.39 is 8.07 Å². The fourth-order valence-corrected chi connectivity index (χ4v) is 18.6. The van der Waals surface area contributed by atoms with Crippen LogP contribution in [0.5, 0.6) is 11.5 Å². The molecule has 0 aromatic heterocycles. The van der Waals surface area contributed by atoms with Crippen LogP contribution >= 0.6 is 0 Å². The lowest BCUT2D eigenvalue weighted by Gasteiger charge is -2.31. The Morgan fingerprint density at radius 2 is 0.576 bits per heavy atom. The number of imide groups is 2. The van der Waals surface area contributed by atoms with Crippen molar-refractivity contribution in [3.05, 3.63) is 158 Å². The SMILES string of the molecule is CCCCCCCC[Si]1(CCCCCCCC)c2cc(-c3ccc(-c4ccc(OCCCCCCCCN5C(=O)C=CC5=O)cc4)cc3)ccc2-c2ccc(-c3ccc(-c4ccc(OCCCCCCCCN5C(=O)C=CC5=O)cc4)cc3)cc21. The Labute approximate surface area is 509 Å². The largest absolute Gasteiger partial charge is 0.494 e. The molecule has 0 unspecified atom stereocenters. The molecule has 6 aromatic rings. The zero-order valence-corrected chi connectivity index (χ0v) is 52.1. The van der Waals surface area contributed by atoms with Crippen molar-refractivity contribution < 1.29 is 28.7 Å². The summed E-state index contributed by atoms with van der Waals surface area (Å²) in [5, 5.41) is 3.31. The number of rotatable bonds is 38. The standard InChI is InChI=1S/C76H92N2O6Si/c1-3-5-7-9-19-25-55-85(56-26-20-10-8-6-4-2)71-57-65(63-31-27-59(28-32-63)61-35-41-67(42-36-61)83-53-23-17-13-11-15-21-51-77-73(79)47-48-74(77)80)39-45-69(71)70-46-40-66(58-72(70)85)64-33-29-60(30-34-64)62-37-43-68(44-38-62)84-54-24-18-14-12-16-22-52-78-75(81)49-50-76(78)82/h27-50,57-58H,3-26,51-56H2,1-2H3. The van der Waals surface area contributed by atoms with Crippen LogP contribution in [0.4, 0.5) is 0 Å². The maximum atomic E-state index is 11.8. The number of carbonyl (C=O) groups excluding carboxylic acids is 4. The van der Waals surface area contributed by atoms with Gasteiger partial charge in [-0.1, -0.05) is 251 Å². The van der Waals surface area contributed by atoms with Crippen LogP contribution in [0.15, 0.2) is 158 Å². The summed E-state index contributed by atoms with van der Waals surface area (Å²) in [5.41, 5.74) is 12.9. The molecule has 6 aromatic carbocycles. The smallest absolute Gasteiger partial charge is 0.253 e. The molecule has 0 saturated carbocycles. The highest BCUT2D eigenvalue weighted by atomic mass is 28.3. The summed E-state index contributed by atoms with van der Waals surface area (Å²) in [5.74, 6) is 1.04. The first-order valence-corrected chi connectivity index (χ1v) is 35.2. The third kappa shape index (κ3) is 17.1. The topological polar surface area (TPSA) is 93.2 Å². The molecule has 9 heteroatoms. The van der Waals surface area contributed by atoms with E-state index in [1.54, 1.807) is 10.4 Å². The molecule has 0 bridgehead atoms. The third-order valence-corrected chi connectivity index (χ3v) is 23.3. The highest BCUT2D eigenvalue weighted by molar-refractivity contribution is 7.05. The normalized spacial score (nSPS) is 14.0. The second kappa shape index (κ2) is 32.4. The van der Waals surface area contributed by atoms with Crippen molar-refractivity contribution in [2.24, 2.45) is 0 Å². The van der Waals surface area contributed by atoms with Crippen LogP contribution in [-0.4, -0.2) is 67.8 Å². The van der Waals surface area contributed by atoms with E-state index in [0.717, 1.165) is 88.5 Å². The van der Waals surface area contributed by atoms with E-state index >= 15 is 0 Å². The summed E-state index contributed by atoms with van der Waals surface area (Å²) in [4.78, 5) is 49.7. The minimum Gasteiger partial charge on any atom is -0.494 e. The quantitative estimate of drug-likeness (QED) is 0.0218. The van der Waals surface area contributed by atoms with E-state index in [-0.39, 0.29) is 23.6 Å². The monoisotopic (exact) mass is 1160 g/mol. The van der Waals surface area contributed by atoms with Crippen LogP contribution in [0.3, 0.4) is 0 Å². The van der Waals surface area contributed by atoms with E-state index in [9.17, 15) is 19.2 Å². The Balaban J connectivity index is 0.830. The fourth-order valence-electron chi connectivity index (χ4n) is 13.0. The molecule has 3 aliphatic heterocycles. The fraction of sp³-hybridized carbons (Fsp3) is 0.421. The summed E-state index contributed by atoms with van der Waals surface area (Å²) in [6, 6.07) is 53.1. The van der Waals surface area contributed by atoms with Crippen molar-refractivity contribution in [1.82, 2.24) is 9.80 Å². The van der Waals surface area contributed by atoms with Gasteiger partial charge in [-0.15, -0.1) is 0 Å². The van der Waals surface area contributed by atoms with Crippen LogP contribution in [0.2, 0.25) is 12.1 Å². The molecular formula is C76H92N2O6Si. The highest BCUT2D eigenvalue weighted by Gasteiger charge is 2.45. The van der Waals surface area contributed by atoms with Gasteiger partial charge < -0.3 is 9.47 Å². The number of fused-ring (bicyclic) bond motifs is 3. The van der Waals surface area contributed by atoms with E-state index in [2.05, 4.69) is 147 Å². The van der Waals surface area contributed by atoms with Gasteiger partial charge in [0.2, 0.25) is 0 Å². The number of ether oxygens (including phenoxy) is 2. The Morgan fingerprint density at radius 1 is 0.306 bits per heavy atom. The Bertz CT molecular complexity index is 2930. The molecular weight excluding hydrogens is 1060 g/mol. The second-order valence-corrected chi connectivity index (χ2v) is 28.3. The van der Waals surface area contributed by atoms with E-state index in [1.165, 1.54) is 179 Å². The number of hydrogen-bond donors (Lipinski definition) is 0. The molecule has 85 heavy (non-hydrogen) atoms. The van der Waals surface area contributed by atoms with Crippen molar-refractivity contribution in [3.8, 4) is 67.1 Å². The first-order valence-electron chi connectivity index (χ1n) is 32.8. The number of nitrogens with zero attached hydrogens (tertiary/aromatic N) is 2. The van der Waals surface area contributed by atoms with Crippen LogP contribution in [-0.2, 0) is 19.2 Å². The lowest BCUT2D eigenvalue weighted by molar-refractivity contribution is -0.138. The molecule has 4 amide bonds. The highest BCUT2D eigenvalue weighted by Crippen LogP contribution is 2.40. The summed E-state index contributed by atoms with van der Waals surface area (Å²) in [6.07, 6.45) is 33.5. The average Bonchev–Trinajstić information content (AvgIpc) is 1.66. The van der Waals surface area contributed by atoms with Crippen LogP contribution in [0, 0.1) is 0 Å². The van der Waals surface area contributed by atoms with E-state index in [0.29, 0.717) is 26.3 Å². The van der Waals surface area contributed by atoms with Gasteiger partial charge in [0.05, 0.1) is 13.2 Å². The van der Waals surface area contributed by atoms with Crippen molar-refractivity contribution in [3.63, 3.8) is 0 Å². The van der Waals surface area contributed by atoms with Gasteiger partial charge in [0.25, 0.3) is 23.6 Å². The summed E-state index contributed by atoms with van der Waals surface area (Å²) in [6.45, 7) is 7.04. The maximum absolute atomic E-state index is 11.8. The first kappa shape index (κ1) is 62.4. The van der Waals surface area contributed by atoms with Crippen molar-refractivity contribution in [2.75, 3.05) is 26.3 Å². The van der Waals surface area contributed by atoms with E-state index in [1.807, 2.05) is 0 Å². The number of amides is 4. The minimum absolute atomic E-state index is 0.189. The molecule has 446 valence electrons. The average molecular weight is 1160 g/mol. The molecule has 0 aliphatic carbocycles. The number of unbranched alkanes of at least 4 members (excludes halogenated alkanes) is 20. The van der Waals surface area contributed by atoms with E-state index in [4.69, 9.17) is 9.47 Å². The number of carbonyl (C=O) groups is 4. The third-order valence-electron chi connectivity index (χ3n) is 18.0. The van der Waals surface area contributed by atoms with Crippen molar-refractivity contribution >= 4 is 42.1 Å². The lowest BCUT2D eigenvalue weighted by atomic mass is 9.96. The van der Waals surface area contributed by atoms with Gasteiger partial charge in [-0.3, -0.25) is 29.0 Å². The van der Waals surface area contributed by atoms with Crippen molar-refractivity contribution in [2.45, 2.75) is 180 Å². The summed E-state index contributed by atoms with van der Waals surface area (Å²) < 4.78 is 12.3. The molecule has 3 aliphatic rings. The molecule has 3 heterocycles. The van der Waals surface area contributed by atoms with Gasteiger partial charge in [0.15, 0.2) is 0 Å². The van der Waals surface area contributed by atoms with Gasteiger partial charge in [-0.05, 0) is 128 Å². The minimum atomic E-state index is -2.20. The van der Waals surface area contributed by atoms with Gasteiger partial charge in [0, 0.05) is 37.4 Å². The van der Waals surface area contributed by atoms with Crippen LogP contribution < -0.4 is 19.8 Å². The predicted molar refractivity (Wildman–Crippen MR) is 353 cm³/mol. The maximum Gasteiger partial charge on any atom is 0.253 e. The summed E-state index contributed by atoms with van der Waals surface area (Å²) in [7, 11) is -2.20. The van der Waals surface area contributed by atoms with Gasteiger partial charge in [-0.25, -0.2) is 0 Å². The second-order valence-electron chi connectivity index (χ2n) is 24.1. The number of hydrogen-bond acceptors (Lipinski definition) is 6. The molecule has 0 atom stereocenters. The van der Waals surface area contributed by atoms with Gasteiger partial charge >= 0.3 is 0 Å². The van der Waals surface area contributed by atoms with Gasteiger partial charge in [0.1, 0.15) is 19.6 Å². The lowest BCUT2D eigenvalue weighted by Crippen LogP contribution is -2.55. The molecule has 0 spiro atoms. The predicted octanol–water partition coefficient (Wildman–Crippen LogP) is 17.9. The zero-order valence-electron chi connectivity index (χ0n) is 51.1. The summed E-state index contributed by atoms with van der Waals surface area (Å²) >= 11 is 0. The zero-order chi connectivity index (χ0) is 59.1. The first-order chi connectivity index (χ1) is 41.7. The number of benzene rings is 6.